The first-order valence-electron chi connectivity index (χ1n) is 7.97. The minimum absolute atomic E-state index is 0.133. The van der Waals surface area contributed by atoms with E-state index in [-0.39, 0.29) is 23.7 Å². The second-order valence-electron chi connectivity index (χ2n) is 5.82. The van der Waals surface area contributed by atoms with Crippen LogP contribution in [0.1, 0.15) is 29.3 Å². The number of amides is 1. The highest BCUT2D eigenvalue weighted by Gasteiger charge is 2.32. The fraction of sp³-hybridized carbons (Fsp3) is 0.278. The Morgan fingerprint density at radius 1 is 1.35 bits per heavy atom. The Balaban J connectivity index is 2.18. The van der Waals surface area contributed by atoms with E-state index < -0.39 is 5.92 Å². The lowest BCUT2D eigenvalue weighted by molar-refractivity contribution is -0.116. The van der Waals surface area contributed by atoms with Crippen LogP contribution in [0.4, 0.5) is 5.82 Å². The van der Waals surface area contributed by atoms with E-state index in [0.717, 1.165) is 5.56 Å². The van der Waals surface area contributed by atoms with Crippen molar-refractivity contribution in [3.05, 3.63) is 58.2 Å². The standard InChI is InChI=1S/C18H19N3O4S/c1-4-5-14-19-17-16(18(23)21(14)26)11(9-15(22)20-17)10-6-7-12(24-2)13(8-10)25-3/h4,6-8,11,26H,1,5,9H2,2-3H3,(H,20,22). The highest BCUT2D eigenvalue weighted by Crippen LogP contribution is 2.38. The topological polar surface area (TPSA) is 82.5 Å². The van der Waals surface area contributed by atoms with Gasteiger partial charge < -0.3 is 14.8 Å². The molecule has 1 aromatic heterocycles. The van der Waals surface area contributed by atoms with Crippen molar-refractivity contribution in [3.8, 4) is 11.5 Å². The van der Waals surface area contributed by atoms with Gasteiger partial charge in [0.2, 0.25) is 5.91 Å². The fourth-order valence-corrected chi connectivity index (χ4v) is 3.30. The summed E-state index contributed by atoms with van der Waals surface area (Å²) in [4.78, 5) is 29.5. The zero-order valence-corrected chi connectivity index (χ0v) is 15.4. The molecule has 26 heavy (non-hydrogen) atoms. The summed E-state index contributed by atoms with van der Waals surface area (Å²) < 4.78 is 11.8. The second-order valence-corrected chi connectivity index (χ2v) is 6.22. The molecule has 0 fully saturated rings. The van der Waals surface area contributed by atoms with Crippen molar-refractivity contribution in [2.45, 2.75) is 18.8 Å². The van der Waals surface area contributed by atoms with Crippen molar-refractivity contribution in [2.24, 2.45) is 0 Å². The van der Waals surface area contributed by atoms with Gasteiger partial charge in [-0.2, -0.15) is 0 Å². The molecule has 2 aromatic rings. The van der Waals surface area contributed by atoms with E-state index in [0.29, 0.717) is 29.3 Å². The summed E-state index contributed by atoms with van der Waals surface area (Å²) in [5, 5.41) is 2.69. The molecule has 136 valence electrons. The third-order valence-electron chi connectivity index (χ3n) is 4.30. The van der Waals surface area contributed by atoms with Crippen molar-refractivity contribution >= 4 is 24.5 Å². The molecule has 0 aliphatic carbocycles. The number of ether oxygens (including phenoxy) is 2. The quantitative estimate of drug-likeness (QED) is 0.620. The van der Waals surface area contributed by atoms with Gasteiger partial charge in [0, 0.05) is 18.8 Å². The van der Waals surface area contributed by atoms with Crippen LogP contribution in [0, 0.1) is 0 Å². The average molecular weight is 373 g/mol. The number of carbonyl (C=O) groups is 1. The maximum Gasteiger partial charge on any atom is 0.269 e. The summed E-state index contributed by atoms with van der Waals surface area (Å²) in [5.74, 6) is 1.14. The van der Waals surface area contributed by atoms with Gasteiger partial charge in [0.05, 0.1) is 19.8 Å². The zero-order valence-electron chi connectivity index (χ0n) is 14.5. The Morgan fingerprint density at radius 3 is 2.73 bits per heavy atom. The van der Waals surface area contributed by atoms with Gasteiger partial charge in [0.15, 0.2) is 11.5 Å². The van der Waals surface area contributed by atoms with Gasteiger partial charge in [0.25, 0.3) is 5.56 Å². The van der Waals surface area contributed by atoms with Gasteiger partial charge >= 0.3 is 0 Å². The van der Waals surface area contributed by atoms with Crippen LogP contribution < -0.4 is 20.3 Å². The van der Waals surface area contributed by atoms with Crippen LogP contribution in [0.15, 0.2) is 35.6 Å². The van der Waals surface area contributed by atoms with E-state index in [9.17, 15) is 9.59 Å². The van der Waals surface area contributed by atoms with Crippen molar-refractivity contribution in [1.82, 2.24) is 8.96 Å². The molecular formula is C18H19N3O4S. The number of methoxy groups -OCH3 is 2. The minimum atomic E-state index is -0.449. The van der Waals surface area contributed by atoms with E-state index in [4.69, 9.17) is 9.47 Å². The van der Waals surface area contributed by atoms with Crippen LogP contribution in [0.2, 0.25) is 0 Å². The van der Waals surface area contributed by atoms with E-state index >= 15 is 0 Å². The molecule has 2 heterocycles. The highest BCUT2D eigenvalue weighted by atomic mass is 32.1. The summed E-state index contributed by atoms with van der Waals surface area (Å²) in [6.07, 6.45) is 2.12. The molecule has 0 saturated heterocycles. The lowest BCUT2D eigenvalue weighted by atomic mass is 9.86. The lowest BCUT2D eigenvalue weighted by Crippen LogP contribution is -2.34. The van der Waals surface area contributed by atoms with Gasteiger partial charge in [-0.3, -0.25) is 9.59 Å². The number of fused-ring (bicyclic) bond motifs is 1. The number of hydrogen-bond acceptors (Lipinski definition) is 6. The molecule has 1 amide bonds. The van der Waals surface area contributed by atoms with Crippen LogP contribution in [0.5, 0.6) is 11.5 Å². The number of nitrogens with one attached hydrogen (secondary N) is 1. The lowest BCUT2D eigenvalue weighted by Gasteiger charge is -2.26. The van der Waals surface area contributed by atoms with Crippen LogP contribution in [-0.4, -0.2) is 29.1 Å². The maximum atomic E-state index is 12.9. The number of aromatic nitrogens is 2. The summed E-state index contributed by atoms with van der Waals surface area (Å²) >= 11 is 4.26. The monoisotopic (exact) mass is 373 g/mol. The fourth-order valence-electron chi connectivity index (χ4n) is 3.06. The highest BCUT2D eigenvalue weighted by molar-refractivity contribution is 7.78. The third kappa shape index (κ3) is 3.08. The summed E-state index contributed by atoms with van der Waals surface area (Å²) in [7, 11) is 3.08. The van der Waals surface area contributed by atoms with Crippen molar-refractivity contribution in [3.63, 3.8) is 0 Å². The SMILES string of the molecule is C=CCc1nc2c(c(=O)n1S)C(c1ccc(OC)c(OC)c1)CC(=O)N2. The Kier molecular flexibility index (Phi) is 5.03. The Hall–Kier alpha value is -2.74. The number of allylic oxidation sites excluding steroid dienone is 1. The summed E-state index contributed by atoms with van der Waals surface area (Å²) in [5.41, 5.74) is 0.858. The van der Waals surface area contributed by atoms with Gasteiger partial charge in [-0.25, -0.2) is 8.96 Å². The largest absolute Gasteiger partial charge is 0.493 e. The number of nitrogens with zero attached hydrogens (tertiary/aromatic N) is 2. The minimum Gasteiger partial charge on any atom is -0.493 e. The first-order valence-corrected chi connectivity index (χ1v) is 8.37. The molecular weight excluding hydrogens is 354 g/mol. The predicted octanol–water partition coefficient (Wildman–Crippen LogP) is 2.16. The molecule has 1 aliphatic heterocycles. The van der Waals surface area contributed by atoms with Crippen LogP contribution in [0.3, 0.4) is 0 Å². The van der Waals surface area contributed by atoms with Gasteiger partial charge in [-0.1, -0.05) is 25.0 Å². The van der Waals surface area contributed by atoms with Gasteiger partial charge in [-0.05, 0) is 17.7 Å². The number of thiol groups is 1. The molecule has 1 aromatic carbocycles. The molecule has 7 nitrogen and oxygen atoms in total. The Bertz CT molecular complexity index is 939. The van der Waals surface area contributed by atoms with E-state index in [1.54, 1.807) is 25.3 Å². The van der Waals surface area contributed by atoms with Crippen molar-refractivity contribution in [1.29, 1.82) is 0 Å². The molecule has 8 heteroatoms. The normalized spacial score (nSPS) is 15.8. The number of carbonyl (C=O) groups excluding carboxylic acids is 1. The molecule has 1 unspecified atom stereocenters. The van der Waals surface area contributed by atoms with Gasteiger partial charge in [0.1, 0.15) is 11.6 Å². The third-order valence-corrected chi connectivity index (χ3v) is 4.71. The predicted molar refractivity (Wildman–Crippen MR) is 101 cm³/mol. The molecule has 1 aliphatic rings. The van der Waals surface area contributed by atoms with E-state index in [1.807, 2.05) is 6.07 Å². The van der Waals surface area contributed by atoms with Crippen LogP contribution in [0.25, 0.3) is 0 Å². The molecule has 1 atom stereocenters. The molecule has 3 rings (SSSR count). The smallest absolute Gasteiger partial charge is 0.269 e. The average Bonchev–Trinajstić information content (AvgIpc) is 2.64. The number of hydrogen-bond donors (Lipinski definition) is 2. The van der Waals surface area contributed by atoms with Crippen LogP contribution >= 0.6 is 12.8 Å². The van der Waals surface area contributed by atoms with Crippen molar-refractivity contribution < 1.29 is 14.3 Å². The first kappa shape index (κ1) is 18.1. The molecule has 0 radical (unpaired) electrons. The van der Waals surface area contributed by atoms with Crippen molar-refractivity contribution in [2.75, 3.05) is 19.5 Å². The Labute approximate surface area is 156 Å². The summed E-state index contributed by atoms with van der Waals surface area (Å²) in [6, 6.07) is 5.33. The number of anilines is 1. The number of benzene rings is 1. The molecule has 0 bridgehead atoms. The maximum absolute atomic E-state index is 12.9. The van der Waals surface area contributed by atoms with E-state index in [2.05, 4.69) is 29.7 Å². The summed E-state index contributed by atoms with van der Waals surface area (Å²) in [6.45, 7) is 3.65. The molecule has 0 saturated carbocycles. The number of rotatable bonds is 5. The van der Waals surface area contributed by atoms with E-state index in [1.165, 1.54) is 11.1 Å². The first-order chi connectivity index (χ1) is 12.5. The molecule has 0 spiro atoms. The zero-order chi connectivity index (χ0) is 18.8. The molecule has 1 N–H and O–H groups in total. The second kappa shape index (κ2) is 7.25. The Morgan fingerprint density at radius 2 is 2.08 bits per heavy atom. The van der Waals surface area contributed by atoms with Crippen LogP contribution in [-0.2, 0) is 11.2 Å². The van der Waals surface area contributed by atoms with Gasteiger partial charge in [-0.15, -0.1) is 6.58 Å².